The van der Waals surface area contributed by atoms with Gasteiger partial charge in [0, 0.05) is 6.08 Å². The molecule has 0 aliphatic heterocycles. The van der Waals surface area contributed by atoms with Crippen LogP contribution in [0.3, 0.4) is 0 Å². The van der Waals surface area contributed by atoms with Crippen molar-refractivity contribution in [3.63, 3.8) is 0 Å². The van der Waals surface area contributed by atoms with E-state index in [4.69, 9.17) is 0 Å². The van der Waals surface area contributed by atoms with Gasteiger partial charge < -0.3 is 5.32 Å². The molecule has 0 saturated carbocycles. The summed E-state index contributed by atoms with van der Waals surface area (Å²) in [5.74, 6) is -0.0806. The van der Waals surface area contributed by atoms with Crippen molar-refractivity contribution in [3.05, 3.63) is 76.9 Å². The molecule has 0 radical (unpaired) electrons. The van der Waals surface area contributed by atoms with Crippen molar-refractivity contribution >= 4 is 12.0 Å². The van der Waals surface area contributed by atoms with E-state index in [1.807, 2.05) is 44.2 Å². The molecule has 0 aromatic heterocycles. The number of carbonyl (C=O) groups excluding carboxylic acids is 1. The molecule has 2 aromatic rings. The lowest BCUT2D eigenvalue weighted by atomic mass is 9.86. The molecule has 2 rings (SSSR count). The quantitative estimate of drug-likeness (QED) is 0.772. The van der Waals surface area contributed by atoms with Crippen molar-refractivity contribution in [1.82, 2.24) is 5.32 Å². The first kappa shape index (κ1) is 18.0. The Bertz CT molecular complexity index is 703. The summed E-state index contributed by atoms with van der Waals surface area (Å²) >= 11 is 0. The lowest BCUT2D eigenvalue weighted by molar-refractivity contribution is -0.117. The molecule has 1 N–H and O–H groups in total. The molecule has 0 heterocycles. The van der Waals surface area contributed by atoms with Crippen molar-refractivity contribution < 1.29 is 4.79 Å². The number of benzene rings is 2. The Labute approximate surface area is 145 Å². The second-order valence-corrected chi connectivity index (χ2v) is 7.35. The van der Waals surface area contributed by atoms with Crippen LogP contribution in [-0.4, -0.2) is 5.91 Å². The van der Waals surface area contributed by atoms with Crippen LogP contribution in [0.1, 0.15) is 56.0 Å². The molecule has 2 nitrogen and oxygen atoms in total. The molecule has 1 amide bonds. The molecule has 0 spiro atoms. The van der Waals surface area contributed by atoms with Gasteiger partial charge in [0.25, 0.3) is 0 Å². The van der Waals surface area contributed by atoms with E-state index in [9.17, 15) is 4.79 Å². The predicted molar refractivity (Wildman–Crippen MR) is 102 cm³/mol. The van der Waals surface area contributed by atoms with Gasteiger partial charge in [0.15, 0.2) is 0 Å². The third-order valence-corrected chi connectivity index (χ3v) is 4.14. The Morgan fingerprint density at radius 1 is 1.00 bits per heavy atom. The summed E-state index contributed by atoms with van der Waals surface area (Å²) in [6, 6.07) is 16.5. The molecule has 0 aliphatic carbocycles. The number of rotatable bonds is 4. The van der Waals surface area contributed by atoms with Crippen LogP contribution < -0.4 is 5.32 Å². The minimum atomic E-state index is -0.0806. The summed E-state index contributed by atoms with van der Waals surface area (Å²) in [4.78, 5) is 12.1. The average molecular weight is 321 g/mol. The molecule has 2 aromatic carbocycles. The fourth-order valence-corrected chi connectivity index (χ4v) is 2.47. The van der Waals surface area contributed by atoms with Crippen LogP contribution in [0, 0.1) is 6.92 Å². The van der Waals surface area contributed by atoms with Gasteiger partial charge in [0.1, 0.15) is 0 Å². The van der Waals surface area contributed by atoms with Crippen LogP contribution in [0.4, 0.5) is 0 Å². The van der Waals surface area contributed by atoms with Gasteiger partial charge in [-0.25, -0.2) is 0 Å². The molecule has 24 heavy (non-hydrogen) atoms. The maximum atomic E-state index is 12.1. The van der Waals surface area contributed by atoms with Gasteiger partial charge in [-0.3, -0.25) is 4.79 Å². The fraction of sp³-hybridized carbons (Fsp3) is 0.318. The van der Waals surface area contributed by atoms with Crippen LogP contribution in [-0.2, 0) is 10.2 Å². The van der Waals surface area contributed by atoms with E-state index in [0.29, 0.717) is 0 Å². The first-order valence-electron chi connectivity index (χ1n) is 8.41. The Morgan fingerprint density at radius 2 is 1.58 bits per heavy atom. The molecule has 0 bridgehead atoms. The highest BCUT2D eigenvalue weighted by molar-refractivity contribution is 5.91. The fourth-order valence-electron chi connectivity index (χ4n) is 2.47. The summed E-state index contributed by atoms with van der Waals surface area (Å²) in [5.41, 5.74) is 4.79. The second kappa shape index (κ2) is 7.48. The first-order valence-corrected chi connectivity index (χ1v) is 8.41. The van der Waals surface area contributed by atoms with Gasteiger partial charge in [0.05, 0.1) is 6.04 Å². The van der Waals surface area contributed by atoms with Crippen LogP contribution in [0.5, 0.6) is 0 Å². The second-order valence-electron chi connectivity index (χ2n) is 7.35. The Morgan fingerprint density at radius 3 is 2.12 bits per heavy atom. The maximum Gasteiger partial charge on any atom is 0.244 e. The monoisotopic (exact) mass is 321 g/mol. The third kappa shape index (κ3) is 5.09. The van der Waals surface area contributed by atoms with Crippen LogP contribution in [0.2, 0.25) is 0 Å². The Hall–Kier alpha value is -2.35. The molecule has 0 aliphatic rings. The van der Waals surface area contributed by atoms with E-state index in [2.05, 4.69) is 50.4 Å². The zero-order valence-electron chi connectivity index (χ0n) is 15.3. The molecule has 0 unspecified atom stereocenters. The van der Waals surface area contributed by atoms with Gasteiger partial charge in [-0.15, -0.1) is 0 Å². The topological polar surface area (TPSA) is 29.1 Å². The summed E-state index contributed by atoms with van der Waals surface area (Å²) in [5, 5.41) is 3.01. The van der Waals surface area contributed by atoms with E-state index in [0.717, 1.165) is 11.1 Å². The van der Waals surface area contributed by atoms with Gasteiger partial charge >= 0.3 is 0 Å². The van der Waals surface area contributed by atoms with Crippen LogP contribution >= 0.6 is 0 Å². The molecule has 126 valence electrons. The SMILES string of the molecule is Cc1ccc(/C=C/C(=O)N[C@@H](C)c2ccc(C(C)(C)C)cc2)cc1. The lowest BCUT2D eigenvalue weighted by Gasteiger charge is -2.20. The smallest absolute Gasteiger partial charge is 0.244 e. The number of nitrogens with one attached hydrogen (secondary N) is 1. The Kier molecular flexibility index (Phi) is 5.61. The van der Waals surface area contributed by atoms with Crippen molar-refractivity contribution in [2.45, 2.75) is 46.1 Å². The van der Waals surface area contributed by atoms with Gasteiger partial charge in [-0.2, -0.15) is 0 Å². The first-order chi connectivity index (χ1) is 11.3. The van der Waals surface area contributed by atoms with Crippen LogP contribution in [0.15, 0.2) is 54.6 Å². The molecule has 0 fully saturated rings. The average Bonchev–Trinajstić information content (AvgIpc) is 2.53. The molecular weight excluding hydrogens is 294 g/mol. The summed E-state index contributed by atoms with van der Waals surface area (Å²) in [6.07, 6.45) is 3.43. The van der Waals surface area contributed by atoms with E-state index >= 15 is 0 Å². The number of aryl methyl sites for hydroxylation is 1. The minimum Gasteiger partial charge on any atom is -0.346 e. The van der Waals surface area contributed by atoms with E-state index in [1.54, 1.807) is 6.08 Å². The standard InChI is InChI=1S/C22H27NO/c1-16-6-8-18(9-7-16)10-15-21(24)23-17(2)19-11-13-20(14-12-19)22(3,4)5/h6-15,17H,1-5H3,(H,23,24)/b15-10+/t17-/m0/s1. The maximum absolute atomic E-state index is 12.1. The highest BCUT2D eigenvalue weighted by atomic mass is 16.1. The normalized spacial score (nSPS) is 13.0. The zero-order valence-corrected chi connectivity index (χ0v) is 15.3. The summed E-state index contributed by atoms with van der Waals surface area (Å²) in [6.45, 7) is 10.6. The highest BCUT2D eigenvalue weighted by Gasteiger charge is 2.14. The molecular formula is C22H27NO. The minimum absolute atomic E-state index is 0.0193. The zero-order chi connectivity index (χ0) is 17.7. The molecule has 1 atom stereocenters. The summed E-state index contributed by atoms with van der Waals surface area (Å²) < 4.78 is 0. The van der Waals surface area contributed by atoms with E-state index in [-0.39, 0.29) is 17.4 Å². The lowest BCUT2D eigenvalue weighted by Crippen LogP contribution is -2.24. The van der Waals surface area contributed by atoms with Gasteiger partial charge in [-0.05, 0) is 42.0 Å². The van der Waals surface area contributed by atoms with Crippen molar-refractivity contribution in [1.29, 1.82) is 0 Å². The third-order valence-electron chi connectivity index (χ3n) is 4.14. The van der Waals surface area contributed by atoms with Crippen LogP contribution in [0.25, 0.3) is 6.08 Å². The van der Waals surface area contributed by atoms with Crippen molar-refractivity contribution in [3.8, 4) is 0 Å². The van der Waals surface area contributed by atoms with E-state index < -0.39 is 0 Å². The highest BCUT2D eigenvalue weighted by Crippen LogP contribution is 2.23. The Balaban J connectivity index is 1.97. The van der Waals surface area contributed by atoms with E-state index in [1.165, 1.54) is 11.1 Å². The largest absolute Gasteiger partial charge is 0.346 e. The van der Waals surface area contributed by atoms with Gasteiger partial charge in [0.2, 0.25) is 5.91 Å². The van der Waals surface area contributed by atoms with Crippen molar-refractivity contribution in [2.75, 3.05) is 0 Å². The number of hydrogen-bond acceptors (Lipinski definition) is 1. The predicted octanol–water partition coefficient (Wildman–Crippen LogP) is 5.18. The van der Waals surface area contributed by atoms with Gasteiger partial charge in [-0.1, -0.05) is 74.9 Å². The number of amides is 1. The number of carbonyl (C=O) groups is 1. The molecule has 2 heteroatoms. The molecule has 0 saturated heterocycles. The van der Waals surface area contributed by atoms with Crippen molar-refractivity contribution in [2.24, 2.45) is 0 Å². The number of hydrogen-bond donors (Lipinski definition) is 1. The summed E-state index contributed by atoms with van der Waals surface area (Å²) in [7, 11) is 0.